The smallest absolute Gasteiger partial charge is 0.229 e. The number of hydrogen-bond acceptors (Lipinski definition) is 9. The molecule has 1 N–H and O–H groups in total. The number of aromatic nitrogens is 3. The van der Waals surface area contributed by atoms with Crippen LogP contribution in [0.3, 0.4) is 0 Å². The number of anilines is 4. The van der Waals surface area contributed by atoms with Crippen LogP contribution in [-0.2, 0) is 0 Å². The zero-order valence-corrected chi connectivity index (χ0v) is 22.4. The number of thiazole rings is 1. The summed E-state index contributed by atoms with van der Waals surface area (Å²) in [6, 6.07) is 9.41. The molecule has 11 heteroatoms. The van der Waals surface area contributed by atoms with Gasteiger partial charge in [0.15, 0.2) is 22.5 Å². The van der Waals surface area contributed by atoms with Gasteiger partial charge < -0.3 is 19.4 Å². The first-order valence-corrected chi connectivity index (χ1v) is 13.5. The predicted molar refractivity (Wildman–Crippen MR) is 148 cm³/mol. The summed E-state index contributed by atoms with van der Waals surface area (Å²) in [6.07, 6.45) is 1.09. The highest BCUT2D eigenvalue weighted by Gasteiger charge is 2.26. The number of likely N-dealkylation sites (N-methyl/N-ethyl adjacent to an activating group) is 1. The van der Waals surface area contributed by atoms with Crippen molar-refractivity contribution in [1.82, 2.24) is 19.9 Å². The number of ether oxygens (including phenoxy) is 1. The molecule has 1 fully saturated rings. The SMILES string of the molecule is CC(C)N1CCOc2c(F)cc(-c3nc(Nc4nc5cc(N6CCN(C)CC6)ccc5s4)ncc3F)cc21. The molecule has 4 aromatic rings. The normalized spacial score (nSPS) is 16.2. The van der Waals surface area contributed by atoms with Crippen molar-refractivity contribution in [1.29, 1.82) is 0 Å². The van der Waals surface area contributed by atoms with E-state index in [9.17, 15) is 8.78 Å². The Hall–Kier alpha value is -3.57. The van der Waals surface area contributed by atoms with Gasteiger partial charge in [0.2, 0.25) is 5.95 Å². The molecule has 0 radical (unpaired) electrons. The van der Waals surface area contributed by atoms with E-state index in [1.807, 2.05) is 18.7 Å². The first-order chi connectivity index (χ1) is 18.4. The van der Waals surface area contributed by atoms with Crippen LogP contribution in [0.15, 0.2) is 36.5 Å². The third kappa shape index (κ3) is 4.71. The fourth-order valence-electron chi connectivity index (χ4n) is 4.93. The van der Waals surface area contributed by atoms with Gasteiger partial charge in [-0.2, -0.15) is 0 Å². The highest BCUT2D eigenvalue weighted by atomic mass is 32.1. The molecule has 1 saturated heterocycles. The van der Waals surface area contributed by atoms with E-state index in [1.165, 1.54) is 17.4 Å². The van der Waals surface area contributed by atoms with E-state index >= 15 is 0 Å². The van der Waals surface area contributed by atoms with Gasteiger partial charge in [-0.15, -0.1) is 0 Å². The minimum Gasteiger partial charge on any atom is -0.486 e. The van der Waals surface area contributed by atoms with Crippen molar-refractivity contribution in [3.63, 3.8) is 0 Å². The second-order valence-corrected chi connectivity index (χ2v) is 10.9. The first kappa shape index (κ1) is 24.7. The second-order valence-electron chi connectivity index (χ2n) is 9.92. The maximum Gasteiger partial charge on any atom is 0.229 e. The molecule has 0 atom stereocenters. The van der Waals surface area contributed by atoms with Crippen LogP contribution >= 0.6 is 11.3 Å². The Bertz CT molecular complexity index is 1490. The molecule has 38 heavy (non-hydrogen) atoms. The lowest BCUT2D eigenvalue weighted by atomic mass is 10.1. The third-order valence-corrected chi connectivity index (χ3v) is 7.96. The van der Waals surface area contributed by atoms with E-state index in [1.54, 1.807) is 6.07 Å². The Morgan fingerprint density at radius 3 is 2.61 bits per heavy atom. The quantitative estimate of drug-likeness (QED) is 0.376. The Morgan fingerprint density at radius 1 is 1.00 bits per heavy atom. The second kappa shape index (κ2) is 9.95. The van der Waals surface area contributed by atoms with Gasteiger partial charge in [-0.1, -0.05) is 11.3 Å². The summed E-state index contributed by atoms with van der Waals surface area (Å²) >= 11 is 1.47. The zero-order valence-electron chi connectivity index (χ0n) is 21.5. The molecule has 0 spiro atoms. The van der Waals surface area contributed by atoms with E-state index in [0.29, 0.717) is 29.5 Å². The molecule has 0 saturated carbocycles. The Balaban J connectivity index is 1.28. The highest BCUT2D eigenvalue weighted by Crippen LogP contribution is 2.39. The molecule has 0 aliphatic carbocycles. The predicted octanol–water partition coefficient (Wildman–Crippen LogP) is 5.13. The number of rotatable bonds is 5. The lowest BCUT2D eigenvalue weighted by Crippen LogP contribution is -2.44. The van der Waals surface area contributed by atoms with Crippen LogP contribution in [0.25, 0.3) is 21.5 Å². The molecule has 0 amide bonds. The monoisotopic (exact) mass is 537 g/mol. The van der Waals surface area contributed by atoms with Gasteiger partial charge in [0, 0.05) is 43.5 Å². The van der Waals surface area contributed by atoms with Crippen LogP contribution in [-0.4, -0.2) is 72.3 Å². The number of halogens is 2. The average Bonchev–Trinajstić information content (AvgIpc) is 3.31. The number of hydrogen-bond donors (Lipinski definition) is 1. The Morgan fingerprint density at radius 2 is 1.82 bits per heavy atom. The van der Waals surface area contributed by atoms with Crippen LogP contribution in [0.1, 0.15) is 13.8 Å². The van der Waals surface area contributed by atoms with Gasteiger partial charge in [0.25, 0.3) is 0 Å². The largest absolute Gasteiger partial charge is 0.486 e. The van der Waals surface area contributed by atoms with Gasteiger partial charge in [-0.25, -0.2) is 23.7 Å². The van der Waals surface area contributed by atoms with Gasteiger partial charge in [-0.3, -0.25) is 5.32 Å². The third-order valence-electron chi connectivity index (χ3n) is 7.01. The zero-order chi connectivity index (χ0) is 26.4. The van der Waals surface area contributed by atoms with Gasteiger partial charge in [0.1, 0.15) is 12.3 Å². The van der Waals surface area contributed by atoms with Gasteiger partial charge >= 0.3 is 0 Å². The van der Waals surface area contributed by atoms with Crippen molar-refractivity contribution in [2.75, 3.05) is 61.5 Å². The van der Waals surface area contributed by atoms with Crippen molar-refractivity contribution < 1.29 is 13.5 Å². The van der Waals surface area contributed by atoms with Crippen LogP contribution in [0.5, 0.6) is 5.75 Å². The number of nitrogens with zero attached hydrogens (tertiary/aromatic N) is 6. The number of fused-ring (bicyclic) bond motifs is 2. The number of nitrogens with one attached hydrogen (secondary N) is 1. The van der Waals surface area contributed by atoms with Crippen molar-refractivity contribution in [2.24, 2.45) is 0 Å². The molecule has 198 valence electrons. The minimum absolute atomic E-state index is 0.0111. The summed E-state index contributed by atoms with van der Waals surface area (Å²) in [4.78, 5) is 20.0. The van der Waals surface area contributed by atoms with Crippen LogP contribution in [0, 0.1) is 11.6 Å². The number of piperazine rings is 1. The van der Waals surface area contributed by atoms with Crippen molar-refractivity contribution in [2.45, 2.75) is 19.9 Å². The van der Waals surface area contributed by atoms with Gasteiger partial charge in [-0.05, 0) is 51.2 Å². The summed E-state index contributed by atoms with van der Waals surface area (Å²) in [5.74, 6) is -0.802. The first-order valence-electron chi connectivity index (χ1n) is 12.7. The van der Waals surface area contributed by atoms with Crippen LogP contribution < -0.4 is 19.9 Å². The lowest BCUT2D eigenvalue weighted by Gasteiger charge is -2.34. The fraction of sp³-hybridized carbons (Fsp3) is 0.370. The van der Waals surface area contributed by atoms with Crippen molar-refractivity contribution >= 4 is 44.0 Å². The van der Waals surface area contributed by atoms with Gasteiger partial charge in [0.05, 0.1) is 28.6 Å². The number of benzene rings is 2. The Labute approximate surface area is 223 Å². The van der Waals surface area contributed by atoms with E-state index in [2.05, 4.69) is 50.3 Å². The Kier molecular flexibility index (Phi) is 6.48. The molecule has 4 heterocycles. The van der Waals surface area contributed by atoms with E-state index in [0.717, 1.165) is 48.3 Å². The van der Waals surface area contributed by atoms with E-state index in [4.69, 9.17) is 9.72 Å². The molecule has 2 aromatic heterocycles. The molecule has 2 aromatic carbocycles. The molecule has 8 nitrogen and oxygen atoms in total. The molecular weight excluding hydrogens is 508 g/mol. The van der Waals surface area contributed by atoms with E-state index in [-0.39, 0.29) is 23.4 Å². The summed E-state index contributed by atoms with van der Waals surface area (Å²) in [5, 5.41) is 3.71. The average molecular weight is 538 g/mol. The molecular formula is C27H29F2N7OS. The maximum atomic E-state index is 15.0. The summed E-state index contributed by atoms with van der Waals surface area (Å²) in [5.41, 5.74) is 2.95. The molecule has 2 aliphatic heterocycles. The topological polar surface area (TPSA) is 69.7 Å². The highest BCUT2D eigenvalue weighted by molar-refractivity contribution is 7.22. The summed E-state index contributed by atoms with van der Waals surface area (Å²) in [7, 11) is 2.14. The van der Waals surface area contributed by atoms with Crippen molar-refractivity contribution in [3.05, 3.63) is 48.2 Å². The van der Waals surface area contributed by atoms with Crippen LogP contribution in [0.4, 0.5) is 31.2 Å². The summed E-state index contributed by atoms with van der Waals surface area (Å²) < 4.78 is 36.5. The molecule has 2 aliphatic rings. The minimum atomic E-state index is -0.635. The maximum absolute atomic E-state index is 15.0. The summed E-state index contributed by atoms with van der Waals surface area (Å²) in [6.45, 7) is 9.10. The lowest BCUT2D eigenvalue weighted by molar-refractivity contribution is 0.287. The van der Waals surface area contributed by atoms with Crippen molar-refractivity contribution in [3.8, 4) is 17.0 Å². The van der Waals surface area contributed by atoms with E-state index < -0.39 is 11.6 Å². The molecule has 0 bridgehead atoms. The molecule has 0 unspecified atom stereocenters. The fourth-order valence-corrected chi connectivity index (χ4v) is 5.77. The molecule has 6 rings (SSSR count). The van der Waals surface area contributed by atoms with Crippen LogP contribution in [0.2, 0.25) is 0 Å². The standard InChI is InChI=1S/C27H29F2N7OS/c1-16(2)36-10-11-37-25-19(28)12-17(13-22(25)36)24-20(29)15-30-26(32-24)33-27-31-21-14-18(4-5-23(21)38-27)35-8-6-34(3)7-9-35/h4-5,12-16H,6-11H2,1-3H3,(H,30,31,32,33).